The maximum Gasteiger partial charge on any atom is 0.266 e. The van der Waals surface area contributed by atoms with E-state index in [2.05, 4.69) is 25.9 Å². The van der Waals surface area contributed by atoms with Gasteiger partial charge in [0.25, 0.3) is 5.56 Å². The second-order valence-electron chi connectivity index (χ2n) is 2.63. The Kier molecular flexibility index (Phi) is 2.71. The first-order chi connectivity index (χ1) is 6.27. The van der Waals surface area contributed by atoms with Crippen molar-refractivity contribution in [1.29, 1.82) is 0 Å². The summed E-state index contributed by atoms with van der Waals surface area (Å²) < 4.78 is 5.53. The molecule has 0 spiro atoms. The van der Waals surface area contributed by atoms with Crippen LogP contribution in [-0.4, -0.2) is 28.4 Å². The van der Waals surface area contributed by atoms with Crippen molar-refractivity contribution in [3.05, 3.63) is 21.2 Å². The smallest absolute Gasteiger partial charge is 0.266 e. The molecule has 1 aromatic heterocycles. The fourth-order valence-corrected chi connectivity index (χ4v) is 2.34. The van der Waals surface area contributed by atoms with Crippen molar-refractivity contribution >= 4 is 27.7 Å². The lowest BCUT2D eigenvalue weighted by molar-refractivity contribution is 0.0454. The summed E-state index contributed by atoms with van der Waals surface area (Å²) >= 11 is 4.76. The standard InChI is InChI=1S/C7H7BrN2O2S/c8-5-6(11)9-3-10-7(5)13-4-1-12-2-4/h3-4H,1-2H2,(H,9,10,11). The summed E-state index contributed by atoms with van der Waals surface area (Å²) in [5.41, 5.74) is -0.141. The lowest BCUT2D eigenvalue weighted by Gasteiger charge is -2.24. The van der Waals surface area contributed by atoms with Gasteiger partial charge < -0.3 is 9.72 Å². The van der Waals surface area contributed by atoms with Gasteiger partial charge in [0.2, 0.25) is 0 Å². The zero-order chi connectivity index (χ0) is 9.26. The summed E-state index contributed by atoms with van der Waals surface area (Å²) in [6.45, 7) is 1.48. The van der Waals surface area contributed by atoms with Crippen LogP contribution in [0.25, 0.3) is 0 Å². The minimum atomic E-state index is -0.141. The molecule has 1 N–H and O–H groups in total. The molecule has 2 rings (SSSR count). The van der Waals surface area contributed by atoms with E-state index in [-0.39, 0.29) is 5.56 Å². The van der Waals surface area contributed by atoms with Gasteiger partial charge in [0, 0.05) is 0 Å². The molecule has 2 heterocycles. The van der Waals surface area contributed by atoms with Crippen LogP contribution in [0.2, 0.25) is 0 Å². The zero-order valence-electron chi connectivity index (χ0n) is 6.62. The van der Waals surface area contributed by atoms with E-state index in [0.29, 0.717) is 9.72 Å². The number of aromatic amines is 1. The highest BCUT2D eigenvalue weighted by Gasteiger charge is 2.21. The largest absolute Gasteiger partial charge is 0.379 e. The Morgan fingerprint density at radius 3 is 3.08 bits per heavy atom. The quantitative estimate of drug-likeness (QED) is 0.809. The molecule has 1 saturated heterocycles. The van der Waals surface area contributed by atoms with Crippen LogP contribution >= 0.6 is 27.7 Å². The van der Waals surface area contributed by atoms with E-state index in [4.69, 9.17) is 4.74 Å². The third kappa shape index (κ3) is 1.95. The SMILES string of the molecule is O=c1[nH]cnc(SC2COC2)c1Br. The molecule has 0 radical (unpaired) electrons. The van der Waals surface area contributed by atoms with Gasteiger partial charge in [0.05, 0.1) is 24.8 Å². The number of aromatic nitrogens is 2. The van der Waals surface area contributed by atoms with E-state index in [1.165, 1.54) is 6.33 Å². The average Bonchev–Trinajstić information content (AvgIpc) is 2.04. The van der Waals surface area contributed by atoms with Gasteiger partial charge in [-0.25, -0.2) is 4.98 Å². The molecule has 1 aliphatic rings. The molecule has 13 heavy (non-hydrogen) atoms. The normalized spacial score (nSPS) is 17.0. The molecule has 4 nitrogen and oxygen atoms in total. The Balaban J connectivity index is 2.19. The van der Waals surface area contributed by atoms with Crippen molar-refractivity contribution in [3.8, 4) is 0 Å². The van der Waals surface area contributed by atoms with Crippen LogP contribution in [0.5, 0.6) is 0 Å². The number of hydrogen-bond acceptors (Lipinski definition) is 4. The number of thioether (sulfide) groups is 1. The first-order valence-corrected chi connectivity index (χ1v) is 5.42. The van der Waals surface area contributed by atoms with Gasteiger partial charge in [-0.3, -0.25) is 4.79 Å². The van der Waals surface area contributed by atoms with E-state index < -0.39 is 0 Å². The van der Waals surface area contributed by atoms with Crippen molar-refractivity contribution < 1.29 is 4.74 Å². The number of nitrogens with zero attached hydrogens (tertiary/aromatic N) is 1. The highest BCUT2D eigenvalue weighted by molar-refractivity contribution is 9.10. The Morgan fingerprint density at radius 1 is 1.69 bits per heavy atom. The zero-order valence-corrected chi connectivity index (χ0v) is 9.02. The van der Waals surface area contributed by atoms with Crippen LogP contribution in [0.3, 0.4) is 0 Å². The van der Waals surface area contributed by atoms with Crippen molar-refractivity contribution in [3.63, 3.8) is 0 Å². The fourth-order valence-electron chi connectivity index (χ4n) is 0.889. The lowest BCUT2D eigenvalue weighted by atomic mass is 10.4. The number of halogens is 1. The topological polar surface area (TPSA) is 55.0 Å². The summed E-state index contributed by atoms with van der Waals surface area (Å²) in [6, 6.07) is 0. The molecule has 6 heteroatoms. The number of hydrogen-bond donors (Lipinski definition) is 1. The second kappa shape index (κ2) is 3.81. The first-order valence-electron chi connectivity index (χ1n) is 3.75. The molecule has 1 aliphatic heterocycles. The van der Waals surface area contributed by atoms with E-state index in [1.54, 1.807) is 11.8 Å². The number of nitrogens with one attached hydrogen (secondary N) is 1. The van der Waals surface area contributed by atoms with Gasteiger partial charge in [0.1, 0.15) is 9.50 Å². The Morgan fingerprint density at radius 2 is 2.46 bits per heavy atom. The predicted octanol–water partition coefficient (Wildman–Crippen LogP) is 1.02. The van der Waals surface area contributed by atoms with Crippen LogP contribution in [0, 0.1) is 0 Å². The molecular formula is C7H7BrN2O2S. The number of ether oxygens (including phenoxy) is 1. The van der Waals surface area contributed by atoms with Crippen LogP contribution in [0.4, 0.5) is 0 Å². The molecule has 0 atom stereocenters. The van der Waals surface area contributed by atoms with E-state index in [0.717, 1.165) is 18.2 Å². The summed E-state index contributed by atoms with van der Waals surface area (Å²) in [4.78, 5) is 17.7. The summed E-state index contributed by atoms with van der Waals surface area (Å²) in [7, 11) is 0. The Bertz CT molecular complexity index is 364. The van der Waals surface area contributed by atoms with Crippen molar-refractivity contribution in [2.75, 3.05) is 13.2 Å². The molecule has 0 bridgehead atoms. The number of H-pyrrole nitrogens is 1. The minimum Gasteiger partial charge on any atom is -0.379 e. The van der Waals surface area contributed by atoms with Crippen LogP contribution < -0.4 is 5.56 Å². The fraction of sp³-hybridized carbons (Fsp3) is 0.429. The highest BCUT2D eigenvalue weighted by Crippen LogP contribution is 2.29. The van der Waals surface area contributed by atoms with E-state index in [1.807, 2.05) is 0 Å². The maximum absolute atomic E-state index is 11.1. The predicted molar refractivity (Wildman–Crippen MR) is 53.0 cm³/mol. The van der Waals surface area contributed by atoms with Gasteiger partial charge in [-0.1, -0.05) is 11.8 Å². The van der Waals surface area contributed by atoms with E-state index >= 15 is 0 Å². The number of rotatable bonds is 2. The molecule has 1 aromatic rings. The van der Waals surface area contributed by atoms with Crippen LogP contribution in [-0.2, 0) is 4.74 Å². The van der Waals surface area contributed by atoms with Gasteiger partial charge >= 0.3 is 0 Å². The molecular weight excluding hydrogens is 256 g/mol. The molecule has 1 fully saturated rings. The molecule has 0 saturated carbocycles. The maximum atomic E-state index is 11.1. The minimum absolute atomic E-state index is 0.141. The van der Waals surface area contributed by atoms with Gasteiger partial charge in [-0.05, 0) is 15.9 Å². The second-order valence-corrected chi connectivity index (χ2v) is 4.71. The third-order valence-electron chi connectivity index (χ3n) is 1.65. The molecule has 0 amide bonds. The van der Waals surface area contributed by atoms with Gasteiger partial charge in [0.15, 0.2) is 0 Å². The summed E-state index contributed by atoms with van der Waals surface area (Å²) in [6.07, 6.45) is 1.41. The first kappa shape index (κ1) is 9.23. The summed E-state index contributed by atoms with van der Waals surface area (Å²) in [5, 5.41) is 1.17. The monoisotopic (exact) mass is 262 g/mol. The van der Waals surface area contributed by atoms with E-state index in [9.17, 15) is 4.79 Å². The van der Waals surface area contributed by atoms with Crippen molar-refractivity contribution in [1.82, 2.24) is 9.97 Å². The molecule has 70 valence electrons. The highest BCUT2D eigenvalue weighted by atomic mass is 79.9. The van der Waals surface area contributed by atoms with Crippen LogP contribution in [0.15, 0.2) is 20.6 Å². The third-order valence-corrected chi connectivity index (χ3v) is 3.79. The van der Waals surface area contributed by atoms with Gasteiger partial charge in [-0.2, -0.15) is 0 Å². The van der Waals surface area contributed by atoms with Crippen molar-refractivity contribution in [2.24, 2.45) is 0 Å². The van der Waals surface area contributed by atoms with Gasteiger partial charge in [-0.15, -0.1) is 0 Å². The van der Waals surface area contributed by atoms with Crippen LogP contribution in [0.1, 0.15) is 0 Å². The lowest BCUT2D eigenvalue weighted by Crippen LogP contribution is -2.30. The van der Waals surface area contributed by atoms with Crippen molar-refractivity contribution in [2.45, 2.75) is 10.3 Å². The Hall–Kier alpha value is -0.330. The average molecular weight is 263 g/mol. The summed E-state index contributed by atoms with van der Waals surface area (Å²) in [5.74, 6) is 0. The molecule has 0 aromatic carbocycles. The Labute approximate surface area is 87.2 Å². The molecule has 0 aliphatic carbocycles. The molecule has 0 unspecified atom stereocenters.